The van der Waals surface area contributed by atoms with Crippen molar-refractivity contribution >= 4 is 28.1 Å². The maximum Gasteiger partial charge on any atom is 0.141 e. The van der Waals surface area contributed by atoms with Crippen LogP contribution in [-0.2, 0) is 0 Å². The fraction of sp³-hybridized carbons (Fsp3) is 0.286. The van der Waals surface area contributed by atoms with Crippen LogP contribution in [0.1, 0.15) is 12.5 Å². The predicted octanol–water partition coefficient (Wildman–Crippen LogP) is 3.71. The van der Waals surface area contributed by atoms with Gasteiger partial charge in [-0.2, -0.15) is 0 Å². The average Bonchev–Trinajstić information content (AvgIpc) is 2.76. The van der Waals surface area contributed by atoms with Crippen molar-refractivity contribution in [3.63, 3.8) is 0 Å². The number of rotatable bonds is 1. The van der Waals surface area contributed by atoms with Gasteiger partial charge in [-0.15, -0.1) is 0 Å². The zero-order valence-corrected chi connectivity index (χ0v) is 10.4. The molecule has 2 aromatic rings. The molecule has 1 aliphatic rings. The van der Waals surface area contributed by atoms with Crippen molar-refractivity contribution in [1.82, 2.24) is 5.32 Å². The van der Waals surface area contributed by atoms with E-state index in [1.54, 1.807) is 6.26 Å². The number of hydrogen-bond donors (Lipinski definition) is 1. The van der Waals surface area contributed by atoms with Crippen molar-refractivity contribution in [3.8, 4) is 0 Å². The van der Waals surface area contributed by atoms with Gasteiger partial charge in [-0.3, -0.25) is 0 Å². The topological polar surface area (TPSA) is 25.2 Å². The Morgan fingerprint density at radius 1 is 1.41 bits per heavy atom. The lowest BCUT2D eigenvalue weighted by atomic mass is 9.90. The molecule has 0 bridgehead atoms. The summed E-state index contributed by atoms with van der Waals surface area (Å²) in [5.41, 5.74) is 3.40. The van der Waals surface area contributed by atoms with Crippen molar-refractivity contribution in [1.29, 1.82) is 0 Å². The van der Waals surface area contributed by atoms with Crippen LogP contribution in [0, 0.1) is 5.92 Å². The van der Waals surface area contributed by atoms with Crippen LogP contribution >= 0.6 is 11.6 Å². The zero-order valence-electron chi connectivity index (χ0n) is 9.66. The van der Waals surface area contributed by atoms with Crippen LogP contribution in [0.15, 0.2) is 35.0 Å². The number of nitrogens with one attached hydrogen (secondary N) is 1. The molecule has 17 heavy (non-hydrogen) atoms. The lowest BCUT2D eigenvalue weighted by Gasteiger charge is -2.22. The molecule has 88 valence electrons. The first-order valence-electron chi connectivity index (χ1n) is 5.83. The molecule has 3 rings (SSSR count). The molecule has 0 amide bonds. The number of halogens is 1. The van der Waals surface area contributed by atoms with E-state index >= 15 is 0 Å². The Balaban J connectivity index is 2.22. The summed E-state index contributed by atoms with van der Waals surface area (Å²) in [6.07, 6.45) is 3.94. The van der Waals surface area contributed by atoms with Crippen LogP contribution in [0.2, 0.25) is 5.02 Å². The summed E-state index contributed by atoms with van der Waals surface area (Å²) in [5.74, 6) is 0.482. The first kappa shape index (κ1) is 10.9. The lowest BCUT2D eigenvalue weighted by molar-refractivity contribution is 0.602. The molecular formula is C14H14ClNO. The van der Waals surface area contributed by atoms with Gasteiger partial charge in [0.05, 0.1) is 6.26 Å². The van der Waals surface area contributed by atoms with E-state index in [4.69, 9.17) is 16.0 Å². The maximum atomic E-state index is 6.16. The van der Waals surface area contributed by atoms with Gasteiger partial charge in [-0.1, -0.05) is 24.6 Å². The second-order valence-electron chi connectivity index (χ2n) is 4.51. The second kappa shape index (κ2) is 4.21. The van der Waals surface area contributed by atoms with Gasteiger partial charge in [0.1, 0.15) is 5.58 Å². The Kier molecular flexibility index (Phi) is 2.69. The summed E-state index contributed by atoms with van der Waals surface area (Å²) in [4.78, 5) is 0. The molecular weight excluding hydrogens is 234 g/mol. The van der Waals surface area contributed by atoms with Gasteiger partial charge in [0.15, 0.2) is 0 Å². The first-order chi connectivity index (χ1) is 8.25. The average molecular weight is 248 g/mol. The van der Waals surface area contributed by atoms with Crippen LogP contribution in [0.3, 0.4) is 0 Å². The summed E-state index contributed by atoms with van der Waals surface area (Å²) in [7, 11) is 0. The van der Waals surface area contributed by atoms with E-state index < -0.39 is 0 Å². The van der Waals surface area contributed by atoms with Crippen LogP contribution in [0.5, 0.6) is 0 Å². The van der Waals surface area contributed by atoms with Crippen LogP contribution < -0.4 is 5.32 Å². The minimum absolute atomic E-state index is 0.482. The highest BCUT2D eigenvalue weighted by atomic mass is 35.5. The number of hydrogen-bond acceptors (Lipinski definition) is 2. The summed E-state index contributed by atoms with van der Waals surface area (Å²) >= 11 is 6.16. The van der Waals surface area contributed by atoms with Gasteiger partial charge in [0, 0.05) is 29.1 Å². The monoisotopic (exact) mass is 247 g/mol. The first-order valence-corrected chi connectivity index (χ1v) is 6.21. The van der Waals surface area contributed by atoms with Crippen molar-refractivity contribution in [2.75, 3.05) is 13.1 Å². The summed E-state index contributed by atoms with van der Waals surface area (Å²) < 4.78 is 5.59. The summed E-state index contributed by atoms with van der Waals surface area (Å²) in [6, 6.07) is 5.90. The lowest BCUT2D eigenvalue weighted by Crippen LogP contribution is -2.27. The number of furan rings is 1. The third-order valence-corrected chi connectivity index (χ3v) is 3.49. The standard InChI is InChI=1S/C14H14ClNO/c1-9-8-16-4-2-12(9)13-7-11(15)6-10-3-5-17-14(10)13/h2-3,5-7,9,16H,4,8H2,1H3. The Hall–Kier alpha value is -1.25. The molecule has 1 N–H and O–H groups in total. The van der Waals surface area contributed by atoms with Gasteiger partial charge in [-0.05, 0) is 29.7 Å². The van der Waals surface area contributed by atoms with Gasteiger partial charge in [-0.25, -0.2) is 0 Å². The van der Waals surface area contributed by atoms with Crippen molar-refractivity contribution in [2.24, 2.45) is 5.92 Å². The molecule has 1 aliphatic heterocycles. The molecule has 3 heteroatoms. The highest BCUT2D eigenvalue weighted by molar-refractivity contribution is 6.31. The third kappa shape index (κ3) is 1.88. The van der Waals surface area contributed by atoms with Crippen molar-refractivity contribution < 1.29 is 4.42 Å². The molecule has 1 atom stereocenters. The molecule has 0 aliphatic carbocycles. The minimum Gasteiger partial charge on any atom is -0.464 e. The van der Waals surface area contributed by atoms with E-state index in [0.717, 1.165) is 34.6 Å². The Morgan fingerprint density at radius 2 is 2.29 bits per heavy atom. The van der Waals surface area contributed by atoms with E-state index in [9.17, 15) is 0 Å². The molecule has 0 saturated heterocycles. The van der Waals surface area contributed by atoms with Gasteiger partial charge in [0.25, 0.3) is 0 Å². The van der Waals surface area contributed by atoms with Gasteiger partial charge < -0.3 is 9.73 Å². The smallest absolute Gasteiger partial charge is 0.141 e. The largest absolute Gasteiger partial charge is 0.464 e. The predicted molar refractivity (Wildman–Crippen MR) is 71.2 cm³/mol. The fourth-order valence-electron chi connectivity index (χ4n) is 2.43. The molecule has 1 unspecified atom stereocenters. The fourth-order valence-corrected chi connectivity index (χ4v) is 2.66. The molecule has 0 fully saturated rings. The van der Waals surface area contributed by atoms with Crippen molar-refractivity contribution in [2.45, 2.75) is 6.92 Å². The highest BCUT2D eigenvalue weighted by Crippen LogP contribution is 2.34. The Morgan fingerprint density at radius 3 is 3.12 bits per heavy atom. The molecule has 0 saturated carbocycles. The zero-order chi connectivity index (χ0) is 11.8. The molecule has 1 aromatic carbocycles. The summed E-state index contributed by atoms with van der Waals surface area (Å²) in [5, 5.41) is 5.18. The van der Waals surface area contributed by atoms with Gasteiger partial charge in [0.2, 0.25) is 0 Å². The van der Waals surface area contributed by atoms with Crippen LogP contribution in [-0.4, -0.2) is 13.1 Å². The highest BCUT2D eigenvalue weighted by Gasteiger charge is 2.18. The van der Waals surface area contributed by atoms with E-state index in [0.29, 0.717) is 5.92 Å². The SMILES string of the molecule is CC1CNCC=C1c1cc(Cl)cc2ccoc12. The van der Waals surface area contributed by atoms with Crippen LogP contribution in [0.25, 0.3) is 16.5 Å². The van der Waals surface area contributed by atoms with E-state index in [1.807, 2.05) is 18.2 Å². The molecule has 0 radical (unpaired) electrons. The van der Waals surface area contributed by atoms with E-state index in [1.165, 1.54) is 5.57 Å². The molecule has 1 aromatic heterocycles. The minimum atomic E-state index is 0.482. The van der Waals surface area contributed by atoms with E-state index in [-0.39, 0.29) is 0 Å². The second-order valence-corrected chi connectivity index (χ2v) is 4.95. The van der Waals surface area contributed by atoms with Crippen LogP contribution in [0.4, 0.5) is 0 Å². The quantitative estimate of drug-likeness (QED) is 0.831. The molecule has 2 nitrogen and oxygen atoms in total. The number of fused-ring (bicyclic) bond motifs is 1. The summed E-state index contributed by atoms with van der Waals surface area (Å²) in [6.45, 7) is 4.13. The van der Waals surface area contributed by atoms with Gasteiger partial charge >= 0.3 is 0 Å². The normalized spacial score (nSPS) is 20.6. The maximum absolute atomic E-state index is 6.16. The third-order valence-electron chi connectivity index (χ3n) is 3.27. The Labute approximate surface area is 105 Å². The molecule has 0 spiro atoms. The number of benzene rings is 1. The van der Waals surface area contributed by atoms with E-state index in [2.05, 4.69) is 18.3 Å². The van der Waals surface area contributed by atoms with Crippen molar-refractivity contribution in [3.05, 3.63) is 41.1 Å². The molecule has 2 heterocycles. The Bertz CT molecular complexity index is 585.